The van der Waals surface area contributed by atoms with Crippen molar-refractivity contribution in [1.82, 2.24) is 5.32 Å². The number of nitrogens with two attached hydrogens (primary N) is 1. The zero-order valence-corrected chi connectivity index (χ0v) is 10.8. The maximum atomic E-state index is 11.5. The van der Waals surface area contributed by atoms with Gasteiger partial charge in [0.25, 0.3) is 0 Å². The average Bonchev–Trinajstić information content (AvgIpc) is 2.12. The third kappa shape index (κ3) is 6.50. The molecule has 0 saturated carbocycles. The Morgan fingerprint density at radius 3 is 2.33 bits per heavy atom. The first kappa shape index (κ1) is 14.4. The average molecular weight is 214 g/mol. The maximum absolute atomic E-state index is 11.5. The molecule has 0 aromatic carbocycles. The van der Waals surface area contributed by atoms with Crippen LogP contribution in [0.15, 0.2) is 0 Å². The normalized spacial score (nSPS) is 15.9. The summed E-state index contributed by atoms with van der Waals surface area (Å²) in [5, 5.41) is 2.92. The Labute approximate surface area is 93.8 Å². The van der Waals surface area contributed by atoms with Crippen molar-refractivity contribution in [2.75, 3.05) is 6.54 Å². The minimum atomic E-state index is -0.0746. The molecule has 0 heterocycles. The third-order valence-corrected chi connectivity index (χ3v) is 2.86. The summed E-state index contributed by atoms with van der Waals surface area (Å²) in [5.74, 6) is 0.609. The molecule has 15 heavy (non-hydrogen) atoms. The smallest absolute Gasteiger partial charge is 0.221 e. The van der Waals surface area contributed by atoms with Crippen LogP contribution in [0.2, 0.25) is 0 Å². The first-order chi connectivity index (χ1) is 6.77. The summed E-state index contributed by atoms with van der Waals surface area (Å²) in [6.07, 6.45) is 1.51. The predicted octanol–water partition coefficient (Wildman–Crippen LogP) is 1.91. The molecule has 3 nitrogen and oxygen atoms in total. The summed E-state index contributed by atoms with van der Waals surface area (Å²) in [4.78, 5) is 11.5. The number of carbonyl (C=O) groups excluding carboxylic acids is 1. The van der Waals surface area contributed by atoms with Crippen LogP contribution in [0, 0.1) is 11.3 Å². The SMILES string of the molecule is CCC(C)CNC(=O)CC(N)C(C)(C)C. The first-order valence-corrected chi connectivity index (χ1v) is 5.79. The van der Waals surface area contributed by atoms with Crippen LogP contribution in [0.1, 0.15) is 47.5 Å². The highest BCUT2D eigenvalue weighted by molar-refractivity contribution is 5.76. The third-order valence-electron chi connectivity index (χ3n) is 2.86. The van der Waals surface area contributed by atoms with Gasteiger partial charge in [0.05, 0.1) is 0 Å². The molecule has 0 rings (SSSR count). The summed E-state index contributed by atoms with van der Waals surface area (Å²) < 4.78 is 0. The molecule has 1 amide bonds. The number of carbonyl (C=O) groups is 1. The zero-order chi connectivity index (χ0) is 12.1. The molecule has 3 N–H and O–H groups in total. The fourth-order valence-electron chi connectivity index (χ4n) is 1.01. The van der Waals surface area contributed by atoms with Gasteiger partial charge in [-0.05, 0) is 11.3 Å². The fourth-order valence-corrected chi connectivity index (χ4v) is 1.01. The van der Waals surface area contributed by atoms with Gasteiger partial charge >= 0.3 is 0 Å². The topological polar surface area (TPSA) is 55.1 Å². The minimum absolute atomic E-state index is 0.00624. The highest BCUT2D eigenvalue weighted by Crippen LogP contribution is 2.19. The number of amides is 1. The van der Waals surface area contributed by atoms with Gasteiger partial charge in [-0.1, -0.05) is 41.0 Å². The fraction of sp³-hybridized carbons (Fsp3) is 0.917. The van der Waals surface area contributed by atoms with Crippen molar-refractivity contribution in [2.24, 2.45) is 17.1 Å². The first-order valence-electron chi connectivity index (χ1n) is 5.79. The molecule has 0 fully saturated rings. The van der Waals surface area contributed by atoms with E-state index < -0.39 is 0 Å². The maximum Gasteiger partial charge on any atom is 0.221 e. The molecule has 3 heteroatoms. The van der Waals surface area contributed by atoms with Crippen molar-refractivity contribution in [3.05, 3.63) is 0 Å². The van der Waals surface area contributed by atoms with Crippen molar-refractivity contribution in [1.29, 1.82) is 0 Å². The van der Waals surface area contributed by atoms with Gasteiger partial charge in [-0.3, -0.25) is 4.79 Å². The van der Waals surface area contributed by atoms with Crippen LogP contribution in [0.5, 0.6) is 0 Å². The van der Waals surface area contributed by atoms with E-state index in [0.29, 0.717) is 12.3 Å². The van der Waals surface area contributed by atoms with E-state index in [0.717, 1.165) is 13.0 Å². The molecule has 0 aromatic rings. The molecule has 0 aliphatic carbocycles. The molecule has 90 valence electrons. The molecule has 0 aromatic heterocycles. The van der Waals surface area contributed by atoms with Crippen molar-refractivity contribution in [3.8, 4) is 0 Å². The largest absolute Gasteiger partial charge is 0.356 e. The van der Waals surface area contributed by atoms with Crippen molar-refractivity contribution in [3.63, 3.8) is 0 Å². The Balaban J connectivity index is 3.84. The molecule has 2 atom stereocenters. The molecule has 0 spiro atoms. The lowest BCUT2D eigenvalue weighted by atomic mass is 9.85. The number of hydrogen-bond donors (Lipinski definition) is 2. The number of nitrogens with one attached hydrogen (secondary N) is 1. The predicted molar refractivity (Wildman–Crippen MR) is 64.5 cm³/mol. The van der Waals surface area contributed by atoms with Gasteiger partial charge in [0.15, 0.2) is 0 Å². The Bertz CT molecular complexity index is 196. The lowest BCUT2D eigenvalue weighted by molar-refractivity contribution is -0.122. The zero-order valence-electron chi connectivity index (χ0n) is 10.8. The van der Waals surface area contributed by atoms with Crippen molar-refractivity contribution >= 4 is 5.91 Å². The van der Waals surface area contributed by atoms with Crippen LogP contribution in [-0.2, 0) is 4.79 Å². The van der Waals surface area contributed by atoms with Crippen LogP contribution in [0.4, 0.5) is 0 Å². The monoisotopic (exact) mass is 214 g/mol. The molecular weight excluding hydrogens is 188 g/mol. The van der Waals surface area contributed by atoms with Gasteiger partial charge in [-0.25, -0.2) is 0 Å². The second kappa shape index (κ2) is 6.11. The molecule has 0 aliphatic heterocycles. The summed E-state index contributed by atoms with van der Waals surface area (Å²) >= 11 is 0. The molecule has 0 bridgehead atoms. The Kier molecular flexibility index (Phi) is 5.88. The van der Waals surface area contributed by atoms with Crippen LogP contribution in [0.3, 0.4) is 0 Å². The van der Waals surface area contributed by atoms with Crippen LogP contribution in [-0.4, -0.2) is 18.5 Å². The van der Waals surface area contributed by atoms with E-state index in [9.17, 15) is 4.79 Å². The van der Waals surface area contributed by atoms with Gasteiger partial charge in [0.1, 0.15) is 0 Å². The van der Waals surface area contributed by atoms with Gasteiger partial charge in [0.2, 0.25) is 5.91 Å². The molecular formula is C12H26N2O. The summed E-state index contributed by atoms with van der Waals surface area (Å²) in [6, 6.07) is -0.0746. The van der Waals surface area contributed by atoms with Gasteiger partial charge in [0, 0.05) is 19.0 Å². The summed E-state index contributed by atoms with van der Waals surface area (Å²) in [7, 11) is 0. The quantitative estimate of drug-likeness (QED) is 0.734. The van der Waals surface area contributed by atoms with E-state index in [4.69, 9.17) is 5.73 Å². The van der Waals surface area contributed by atoms with Gasteiger partial charge < -0.3 is 11.1 Å². The van der Waals surface area contributed by atoms with E-state index in [2.05, 4.69) is 39.9 Å². The second-order valence-corrected chi connectivity index (χ2v) is 5.49. The standard InChI is InChI=1S/C12H26N2O/c1-6-9(2)8-14-11(15)7-10(13)12(3,4)5/h9-10H,6-8,13H2,1-5H3,(H,14,15). The molecule has 0 radical (unpaired) electrons. The number of hydrogen-bond acceptors (Lipinski definition) is 2. The Morgan fingerprint density at radius 2 is 1.93 bits per heavy atom. The highest BCUT2D eigenvalue weighted by atomic mass is 16.1. The second-order valence-electron chi connectivity index (χ2n) is 5.49. The van der Waals surface area contributed by atoms with Crippen LogP contribution in [0.25, 0.3) is 0 Å². The van der Waals surface area contributed by atoms with Crippen LogP contribution < -0.4 is 11.1 Å². The molecule has 0 aliphatic rings. The van der Waals surface area contributed by atoms with E-state index in [1.807, 2.05) is 0 Å². The minimum Gasteiger partial charge on any atom is -0.356 e. The summed E-state index contributed by atoms with van der Waals surface area (Å²) in [6.45, 7) is 11.2. The van der Waals surface area contributed by atoms with Gasteiger partial charge in [-0.15, -0.1) is 0 Å². The van der Waals surface area contributed by atoms with Crippen LogP contribution >= 0.6 is 0 Å². The van der Waals surface area contributed by atoms with E-state index in [1.165, 1.54) is 0 Å². The Morgan fingerprint density at radius 1 is 1.40 bits per heavy atom. The number of rotatable bonds is 5. The lowest BCUT2D eigenvalue weighted by Crippen LogP contribution is -2.40. The van der Waals surface area contributed by atoms with Gasteiger partial charge in [-0.2, -0.15) is 0 Å². The van der Waals surface area contributed by atoms with E-state index in [1.54, 1.807) is 0 Å². The lowest BCUT2D eigenvalue weighted by Gasteiger charge is -2.26. The molecule has 0 saturated heterocycles. The summed E-state index contributed by atoms with van der Waals surface area (Å²) in [5.41, 5.74) is 5.92. The van der Waals surface area contributed by atoms with Crippen molar-refractivity contribution < 1.29 is 4.79 Å². The van der Waals surface area contributed by atoms with E-state index >= 15 is 0 Å². The van der Waals surface area contributed by atoms with E-state index in [-0.39, 0.29) is 17.4 Å². The van der Waals surface area contributed by atoms with Crippen molar-refractivity contribution in [2.45, 2.75) is 53.5 Å². The Hall–Kier alpha value is -0.570. The highest BCUT2D eigenvalue weighted by Gasteiger charge is 2.22. The molecule has 2 unspecified atom stereocenters.